The fourth-order valence-electron chi connectivity index (χ4n) is 1.34. The molecule has 3 nitrogen and oxygen atoms in total. The number of carbonyl (C=O) groups excluding carboxylic acids is 1. The Kier molecular flexibility index (Phi) is 4.59. The summed E-state index contributed by atoms with van der Waals surface area (Å²) in [5, 5.41) is 0. The maximum absolute atomic E-state index is 11.3. The minimum absolute atomic E-state index is 0.153. The monoisotopic (exact) mass is 226 g/mol. The van der Waals surface area contributed by atoms with Gasteiger partial charge in [-0.05, 0) is 12.0 Å². The first kappa shape index (κ1) is 12.0. The molecule has 0 spiro atoms. The van der Waals surface area contributed by atoms with Gasteiger partial charge in [0.15, 0.2) is 0 Å². The zero-order valence-corrected chi connectivity index (χ0v) is 9.45. The second-order valence-corrected chi connectivity index (χ2v) is 4.03. The smallest absolute Gasteiger partial charge is 0.238 e. The Morgan fingerprint density at radius 3 is 2.60 bits per heavy atom. The summed E-state index contributed by atoms with van der Waals surface area (Å²) in [6.07, 6.45) is 0.964. The van der Waals surface area contributed by atoms with E-state index in [1.807, 2.05) is 30.3 Å². The van der Waals surface area contributed by atoms with Crippen molar-refractivity contribution in [3.63, 3.8) is 0 Å². The molecule has 1 aromatic carbocycles. The molecule has 15 heavy (non-hydrogen) atoms. The molecule has 0 aliphatic rings. The summed E-state index contributed by atoms with van der Waals surface area (Å²) >= 11 is 5.50. The number of nitrogens with two attached hydrogens (primary N) is 1. The first-order valence-corrected chi connectivity index (χ1v) is 5.15. The van der Waals surface area contributed by atoms with Crippen molar-refractivity contribution in [2.24, 2.45) is 5.73 Å². The van der Waals surface area contributed by atoms with E-state index in [0.717, 1.165) is 9.98 Å². The maximum atomic E-state index is 11.3. The van der Waals surface area contributed by atoms with Gasteiger partial charge in [-0.2, -0.15) is 0 Å². The predicted octanol–water partition coefficient (Wildman–Crippen LogP) is 1.56. The van der Waals surface area contributed by atoms with Gasteiger partial charge in [0.25, 0.3) is 0 Å². The van der Waals surface area contributed by atoms with Gasteiger partial charge in [-0.15, -0.1) is 0 Å². The van der Waals surface area contributed by atoms with E-state index in [1.165, 1.54) is 7.05 Å². The number of nitrogens with zero attached hydrogens (tertiary/aromatic N) is 1. The topological polar surface area (TPSA) is 46.3 Å². The zero-order chi connectivity index (χ0) is 11.3. The molecule has 1 aromatic rings. The third kappa shape index (κ3) is 4.32. The molecule has 4 heteroatoms. The van der Waals surface area contributed by atoms with Crippen LogP contribution >= 0.6 is 11.8 Å². The van der Waals surface area contributed by atoms with Gasteiger partial charge in [0, 0.05) is 31.3 Å². The first-order chi connectivity index (χ1) is 7.09. The Balaban J connectivity index is 2.43. The number of hydrogen-bond acceptors (Lipinski definition) is 2. The van der Waals surface area contributed by atoms with Crippen LogP contribution in [0.1, 0.15) is 12.0 Å². The fourth-order valence-corrected chi connectivity index (χ4v) is 1.41. The molecule has 0 fully saturated rings. The van der Waals surface area contributed by atoms with E-state index in [0.29, 0.717) is 6.42 Å². The van der Waals surface area contributed by atoms with Crippen LogP contribution in [0.3, 0.4) is 0 Å². The van der Waals surface area contributed by atoms with E-state index in [1.54, 1.807) is 0 Å². The van der Waals surface area contributed by atoms with Gasteiger partial charge in [0.2, 0.25) is 5.91 Å². The van der Waals surface area contributed by atoms with Crippen molar-refractivity contribution in [1.29, 1.82) is 0 Å². The zero-order valence-electron chi connectivity index (χ0n) is 8.69. The molecular weight excluding hydrogens is 212 g/mol. The van der Waals surface area contributed by atoms with Crippen LogP contribution in [0.25, 0.3) is 0 Å². The fraction of sp³-hybridized carbons (Fsp3) is 0.364. The summed E-state index contributed by atoms with van der Waals surface area (Å²) in [5.74, 6) is -0.153. The van der Waals surface area contributed by atoms with Gasteiger partial charge in [-0.1, -0.05) is 30.3 Å². The summed E-state index contributed by atoms with van der Waals surface area (Å²) in [7, 11) is 1.51. The average Bonchev–Trinajstić information content (AvgIpc) is 2.18. The molecule has 0 heterocycles. The van der Waals surface area contributed by atoms with Crippen molar-refractivity contribution in [2.75, 3.05) is 7.05 Å². The van der Waals surface area contributed by atoms with Crippen LogP contribution in [0.2, 0.25) is 0 Å². The Morgan fingerprint density at radius 1 is 1.47 bits per heavy atom. The molecule has 0 aliphatic carbocycles. The highest BCUT2D eigenvalue weighted by Gasteiger charge is 2.12. The van der Waals surface area contributed by atoms with Crippen LogP contribution in [0, 0.1) is 0 Å². The lowest BCUT2D eigenvalue weighted by molar-refractivity contribution is -0.126. The van der Waals surface area contributed by atoms with Crippen molar-refractivity contribution in [2.45, 2.75) is 18.9 Å². The predicted molar refractivity (Wildman–Crippen MR) is 61.4 cm³/mol. The summed E-state index contributed by atoms with van der Waals surface area (Å²) in [5.41, 5.74) is 6.97. The molecule has 2 N–H and O–H groups in total. The summed E-state index contributed by atoms with van der Waals surface area (Å²) in [6.45, 7) is 0. The first-order valence-electron chi connectivity index (χ1n) is 4.81. The molecular formula is C11H15ClN2O. The Labute approximate surface area is 94.9 Å². The minimum atomic E-state index is -0.180. The Morgan fingerprint density at radius 2 is 2.07 bits per heavy atom. The quantitative estimate of drug-likeness (QED) is 0.792. The van der Waals surface area contributed by atoms with Crippen LogP contribution in [-0.2, 0) is 11.2 Å². The second-order valence-electron chi connectivity index (χ2n) is 3.52. The standard InChI is InChI=1S/C11H15ClN2O/c1-14(12)11(15)8-10(13)7-9-5-3-2-4-6-9/h2-6,10H,7-8,13H2,1H3/t10-/m0/s1. The Bertz CT molecular complexity index is 314. The van der Waals surface area contributed by atoms with Gasteiger partial charge in [0.1, 0.15) is 0 Å². The second kappa shape index (κ2) is 5.73. The normalized spacial score (nSPS) is 12.2. The van der Waals surface area contributed by atoms with Crippen molar-refractivity contribution in [3.8, 4) is 0 Å². The molecule has 1 amide bonds. The van der Waals surface area contributed by atoms with Crippen molar-refractivity contribution in [3.05, 3.63) is 35.9 Å². The van der Waals surface area contributed by atoms with Gasteiger partial charge in [-0.25, -0.2) is 0 Å². The summed E-state index contributed by atoms with van der Waals surface area (Å²) in [4.78, 5) is 11.3. The van der Waals surface area contributed by atoms with E-state index in [2.05, 4.69) is 0 Å². The van der Waals surface area contributed by atoms with Crippen LogP contribution in [-0.4, -0.2) is 23.4 Å². The third-order valence-corrected chi connectivity index (χ3v) is 2.31. The number of carbonyl (C=O) groups is 1. The van der Waals surface area contributed by atoms with E-state index < -0.39 is 0 Å². The van der Waals surface area contributed by atoms with Crippen molar-refractivity contribution in [1.82, 2.24) is 4.42 Å². The van der Waals surface area contributed by atoms with Crippen molar-refractivity contribution < 1.29 is 4.79 Å². The average molecular weight is 227 g/mol. The lowest BCUT2D eigenvalue weighted by Crippen LogP contribution is -2.30. The molecule has 0 bridgehead atoms. The summed E-state index contributed by atoms with van der Waals surface area (Å²) < 4.78 is 1.05. The van der Waals surface area contributed by atoms with E-state index in [-0.39, 0.29) is 18.4 Å². The molecule has 0 saturated heterocycles. The Hall–Kier alpha value is -1.06. The lowest BCUT2D eigenvalue weighted by Gasteiger charge is -2.13. The molecule has 0 aliphatic heterocycles. The van der Waals surface area contributed by atoms with E-state index >= 15 is 0 Å². The minimum Gasteiger partial charge on any atom is -0.327 e. The van der Waals surface area contributed by atoms with Crippen molar-refractivity contribution >= 4 is 17.7 Å². The number of halogens is 1. The van der Waals surface area contributed by atoms with Crippen LogP contribution < -0.4 is 5.73 Å². The highest BCUT2D eigenvalue weighted by atomic mass is 35.5. The van der Waals surface area contributed by atoms with Crippen LogP contribution in [0.15, 0.2) is 30.3 Å². The molecule has 0 aromatic heterocycles. The van der Waals surface area contributed by atoms with E-state index in [9.17, 15) is 4.79 Å². The largest absolute Gasteiger partial charge is 0.327 e. The van der Waals surface area contributed by atoms with Gasteiger partial charge in [-0.3, -0.25) is 9.21 Å². The lowest BCUT2D eigenvalue weighted by atomic mass is 10.0. The number of hydrogen-bond donors (Lipinski definition) is 1. The van der Waals surface area contributed by atoms with E-state index in [4.69, 9.17) is 17.5 Å². The van der Waals surface area contributed by atoms with Crippen LogP contribution in [0.5, 0.6) is 0 Å². The van der Waals surface area contributed by atoms with Gasteiger partial charge in [0.05, 0.1) is 0 Å². The summed E-state index contributed by atoms with van der Waals surface area (Å²) in [6, 6.07) is 9.67. The number of amides is 1. The highest BCUT2D eigenvalue weighted by molar-refractivity contribution is 6.21. The molecule has 1 rings (SSSR count). The van der Waals surface area contributed by atoms with Crippen LogP contribution in [0.4, 0.5) is 0 Å². The van der Waals surface area contributed by atoms with Gasteiger partial charge < -0.3 is 5.73 Å². The molecule has 0 radical (unpaired) electrons. The number of benzene rings is 1. The highest BCUT2D eigenvalue weighted by Crippen LogP contribution is 2.05. The molecule has 0 unspecified atom stereocenters. The SMILES string of the molecule is CN(Cl)C(=O)C[C@@H](N)Cc1ccccc1. The maximum Gasteiger partial charge on any atom is 0.238 e. The third-order valence-electron chi connectivity index (χ3n) is 2.12. The van der Waals surface area contributed by atoms with Gasteiger partial charge >= 0.3 is 0 Å². The molecule has 1 atom stereocenters. The molecule has 82 valence electrons. The number of rotatable bonds is 4. The molecule has 0 saturated carbocycles.